The number of amides is 1. The van der Waals surface area contributed by atoms with Crippen molar-refractivity contribution in [3.63, 3.8) is 0 Å². The molecule has 2 rings (SSSR count). The van der Waals surface area contributed by atoms with Crippen LogP contribution in [-0.2, 0) is 10.0 Å². The van der Waals surface area contributed by atoms with Gasteiger partial charge >= 0.3 is 0 Å². The Morgan fingerprint density at radius 2 is 1.73 bits per heavy atom. The van der Waals surface area contributed by atoms with Gasteiger partial charge < -0.3 is 5.32 Å². The Labute approximate surface area is 156 Å². The summed E-state index contributed by atoms with van der Waals surface area (Å²) in [6.07, 6.45) is 0. The molecule has 0 radical (unpaired) electrons. The van der Waals surface area contributed by atoms with E-state index in [-0.39, 0.29) is 21.3 Å². The van der Waals surface area contributed by atoms with Crippen molar-refractivity contribution in [2.24, 2.45) is 0 Å². The number of rotatable bonds is 5. The lowest BCUT2D eigenvalue weighted by Crippen LogP contribution is -2.46. The van der Waals surface area contributed by atoms with Crippen molar-refractivity contribution in [1.82, 2.24) is 16.2 Å². The van der Waals surface area contributed by atoms with Gasteiger partial charge in [-0.05, 0) is 55.5 Å². The van der Waals surface area contributed by atoms with Crippen LogP contribution < -0.4 is 20.9 Å². The molecule has 4 N–H and O–H groups in total. The number of carbonyl (C=O) groups is 1. The van der Waals surface area contributed by atoms with E-state index in [4.69, 9.17) is 12.2 Å². The van der Waals surface area contributed by atoms with Crippen molar-refractivity contribution < 1.29 is 17.6 Å². The van der Waals surface area contributed by atoms with Gasteiger partial charge in [-0.3, -0.25) is 20.4 Å². The van der Waals surface area contributed by atoms with Crippen LogP contribution in [0.3, 0.4) is 0 Å². The quantitative estimate of drug-likeness (QED) is 0.454. The Kier molecular flexibility index (Phi) is 6.47. The molecule has 7 nitrogen and oxygen atoms in total. The molecule has 0 atom stereocenters. The molecule has 1 amide bonds. The predicted octanol–water partition coefficient (Wildman–Crippen LogP) is 1.76. The first kappa shape index (κ1) is 19.6. The molecular weight excluding hydrogens is 379 g/mol. The molecule has 2 aromatic rings. The Morgan fingerprint density at radius 1 is 1.08 bits per heavy atom. The largest absolute Gasteiger partial charge is 0.362 e. The number of thiocarbonyl (C=S) groups is 1. The monoisotopic (exact) mass is 396 g/mol. The number of halogens is 1. The number of para-hydroxylation sites is 1. The summed E-state index contributed by atoms with van der Waals surface area (Å²) in [5.74, 6) is -1.17. The van der Waals surface area contributed by atoms with Gasteiger partial charge in [-0.2, -0.15) is 0 Å². The first-order chi connectivity index (χ1) is 12.3. The number of hydrogen-bond acceptors (Lipinski definition) is 4. The van der Waals surface area contributed by atoms with E-state index in [0.29, 0.717) is 6.54 Å². The van der Waals surface area contributed by atoms with E-state index in [1.807, 2.05) is 6.92 Å². The molecule has 0 aromatic heterocycles. The highest BCUT2D eigenvalue weighted by Gasteiger charge is 2.17. The summed E-state index contributed by atoms with van der Waals surface area (Å²) in [6.45, 7) is 2.45. The van der Waals surface area contributed by atoms with Crippen LogP contribution in [0.15, 0.2) is 53.4 Å². The number of hydrazine groups is 1. The lowest BCUT2D eigenvalue weighted by Gasteiger charge is -2.11. The molecule has 0 saturated heterocycles. The summed E-state index contributed by atoms with van der Waals surface area (Å²) in [4.78, 5) is 11.9. The Bertz CT molecular complexity index is 902. The summed E-state index contributed by atoms with van der Waals surface area (Å²) >= 11 is 4.91. The van der Waals surface area contributed by atoms with E-state index in [1.165, 1.54) is 42.5 Å². The van der Waals surface area contributed by atoms with Gasteiger partial charge in [0.15, 0.2) is 5.11 Å². The van der Waals surface area contributed by atoms with Gasteiger partial charge in [0.2, 0.25) is 0 Å². The fourth-order valence-corrected chi connectivity index (χ4v) is 3.19. The fraction of sp³-hybridized carbons (Fsp3) is 0.125. The minimum absolute atomic E-state index is 0.103. The van der Waals surface area contributed by atoms with Crippen molar-refractivity contribution in [1.29, 1.82) is 0 Å². The zero-order valence-electron chi connectivity index (χ0n) is 13.7. The molecule has 0 aliphatic heterocycles. The molecule has 0 unspecified atom stereocenters. The Morgan fingerprint density at radius 3 is 2.35 bits per heavy atom. The zero-order valence-corrected chi connectivity index (χ0v) is 15.4. The van der Waals surface area contributed by atoms with Gasteiger partial charge in [0.1, 0.15) is 5.82 Å². The summed E-state index contributed by atoms with van der Waals surface area (Å²) in [6, 6.07) is 10.6. The lowest BCUT2D eigenvalue weighted by molar-refractivity contribution is 0.0943. The van der Waals surface area contributed by atoms with Crippen LogP contribution in [0.5, 0.6) is 0 Å². The van der Waals surface area contributed by atoms with Gasteiger partial charge in [-0.15, -0.1) is 0 Å². The maximum Gasteiger partial charge on any atom is 0.269 e. The van der Waals surface area contributed by atoms with Crippen molar-refractivity contribution in [3.8, 4) is 0 Å². The maximum atomic E-state index is 13.6. The lowest BCUT2D eigenvalue weighted by atomic mass is 10.2. The molecule has 0 aliphatic rings. The molecule has 0 bridgehead atoms. The number of hydrogen-bond donors (Lipinski definition) is 4. The van der Waals surface area contributed by atoms with E-state index in [2.05, 4.69) is 20.9 Å². The molecule has 0 fully saturated rings. The second-order valence-electron chi connectivity index (χ2n) is 5.05. The molecule has 0 spiro atoms. The fourth-order valence-electron chi connectivity index (χ4n) is 1.92. The summed E-state index contributed by atoms with van der Waals surface area (Å²) in [5.41, 5.74) is 4.96. The molecule has 0 heterocycles. The van der Waals surface area contributed by atoms with Crippen LogP contribution >= 0.6 is 12.2 Å². The topological polar surface area (TPSA) is 99.3 Å². The highest BCUT2D eigenvalue weighted by molar-refractivity contribution is 7.92. The van der Waals surface area contributed by atoms with Crippen LogP contribution in [-0.4, -0.2) is 26.0 Å². The van der Waals surface area contributed by atoms with E-state index in [0.717, 1.165) is 6.07 Å². The summed E-state index contributed by atoms with van der Waals surface area (Å²) in [5, 5.41) is 3.05. The number of carbonyl (C=O) groups excluding carboxylic acids is 1. The first-order valence-electron chi connectivity index (χ1n) is 7.55. The van der Waals surface area contributed by atoms with Crippen molar-refractivity contribution in [2.75, 3.05) is 11.3 Å². The molecule has 10 heteroatoms. The predicted molar refractivity (Wildman–Crippen MR) is 101 cm³/mol. The highest BCUT2D eigenvalue weighted by atomic mass is 32.2. The number of sulfonamides is 1. The number of anilines is 1. The Balaban J connectivity index is 2.07. The van der Waals surface area contributed by atoms with Gasteiger partial charge in [0.05, 0.1) is 10.6 Å². The van der Waals surface area contributed by atoms with Crippen LogP contribution in [0.25, 0.3) is 0 Å². The van der Waals surface area contributed by atoms with E-state index >= 15 is 0 Å². The van der Waals surface area contributed by atoms with Crippen molar-refractivity contribution in [3.05, 3.63) is 59.9 Å². The molecule has 0 aliphatic carbocycles. The zero-order chi connectivity index (χ0) is 19.2. The first-order valence-corrected chi connectivity index (χ1v) is 9.44. The Hall–Kier alpha value is -2.72. The average molecular weight is 396 g/mol. The third kappa shape index (κ3) is 5.14. The maximum absolute atomic E-state index is 13.6. The van der Waals surface area contributed by atoms with Gasteiger partial charge in [-0.25, -0.2) is 12.8 Å². The summed E-state index contributed by atoms with van der Waals surface area (Å²) in [7, 11) is -3.98. The summed E-state index contributed by atoms with van der Waals surface area (Å²) < 4.78 is 40.4. The van der Waals surface area contributed by atoms with E-state index in [1.54, 1.807) is 0 Å². The normalized spacial score (nSPS) is 10.7. The van der Waals surface area contributed by atoms with Crippen molar-refractivity contribution >= 4 is 38.9 Å². The van der Waals surface area contributed by atoms with Crippen LogP contribution in [0.2, 0.25) is 0 Å². The number of nitrogens with one attached hydrogen (secondary N) is 4. The van der Waals surface area contributed by atoms with Gasteiger partial charge in [0, 0.05) is 12.1 Å². The van der Waals surface area contributed by atoms with Crippen molar-refractivity contribution in [2.45, 2.75) is 11.8 Å². The van der Waals surface area contributed by atoms with Crippen LogP contribution in [0.1, 0.15) is 17.3 Å². The second kappa shape index (κ2) is 8.59. The molecular formula is C16H17FN4O3S2. The minimum Gasteiger partial charge on any atom is -0.362 e. The average Bonchev–Trinajstić information content (AvgIpc) is 2.62. The van der Waals surface area contributed by atoms with Crippen LogP contribution in [0, 0.1) is 5.82 Å². The third-order valence-electron chi connectivity index (χ3n) is 3.17. The second-order valence-corrected chi connectivity index (χ2v) is 7.14. The molecule has 138 valence electrons. The molecule has 26 heavy (non-hydrogen) atoms. The van der Waals surface area contributed by atoms with E-state index in [9.17, 15) is 17.6 Å². The third-order valence-corrected chi connectivity index (χ3v) is 4.80. The molecule has 0 saturated carbocycles. The van der Waals surface area contributed by atoms with Crippen LogP contribution in [0.4, 0.5) is 10.1 Å². The van der Waals surface area contributed by atoms with Gasteiger partial charge in [0.25, 0.3) is 15.9 Å². The van der Waals surface area contributed by atoms with E-state index < -0.39 is 21.7 Å². The SMILES string of the molecule is CCNC(=S)NNC(=O)c1ccc(S(=O)(=O)Nc2ccccc2F)cc1. The standard InChI is InChI=1S/C16H17FN4O3S2/c1-2-18-16(25)20-19-15(22)11-7-9-12(10-8-11)26(23,24)21-14-6-4-3-5-13(14)17/h3-10,21H,2H2,1H3,(H,19,22)(H2,18,20,25). The number of benzene rings is 2. The molecule has 2 aromatic carbocycles. The van der Waals surface area contributed by atoms with Gasteiger partial charge in [-0.1, -0.05) is 12.1 Å². The minimum atomic E-state index is -3.98. The smallest absolute Gasteiger partial charge is 0.269 e. The highest BCUT2D eigenvalue weighted by Crippen LogP contribution is 2.19.